The number of likely N-dealkylation sites (N-methyl/N-ethyl adjacent to an activating group) is 1. The van der Waals surface area contributed by atoms with E-state index in [0.29, 0.717) is 41.3 Å². The Hall–Kier alpha value is -2.40. The lowest BCUT2D eigenvalue weighted by molar-refractivity contribution is 0.102. The Labute approximate surface area is 181 Å². The summed E-state index contributed by atoms with van der Waals surface area (Å²) in [6, 6.07) is 10.7. The van der Waals surface area contributed by atoms with Crippen molar-refractivity contribution < 1.29 is 14.3 Å². The van der Waals surface area contributed by atoms with E-state index in [2.05, 4.69) is 29.4 Å². The normalized spacial score (nSPS) is 10.4. The molecule has 2 aromatic carbocycles. The molecule has 0 amide bonds. The second-order valence-electron chi connectivity index (χ2n) is 6.90. The van der Waals surface area contributed by atoms with Gasteiger partial charge in [0.1, 0.15) is 5.75 Å². The summed E-state index contributed by atoms with van der Waals surface area (Å²) < 4.78 is 6.85. The van der Waals surface area contributed by atoms with Crippen molar-refractivity contribution >= 4 is 33.7 Å². The highest BCUT2D eigenvalue weighted by Gasteiger charge is 2.23. The molecule has 0 aromatic heterocycles. The van der Waals surface area contributed by atoms with Gasteiger partial charge in [0, 0.05) is 29.3 Å². The minimum Gasteiger partial charge on any atom is -0.493 e. The molecule has 29 heavy (non-hydrogen) atoms. The Morgan fingerprint density at radius 3 is 2.48 bits per heavy atom. The summed E-state index contributed by atoms with van der Waals surface area (Å²) in [5.74, 6) is 0.226. The van der Waals surface area contributed by atoms with Gasteiger partial charge in [-0.1, -0.05) is 48.2 Å². The first-order valence-electron chi connectivity index (χ1n) is 9.90. The van der Waals surface area contributed by atoms with Gasteiger partial charge in [-0.3, -0.25) is 9.59 Å². The van der Waals surface area contributed by atoms with Crippen LogP contribution in [0.15, 0.2) is 53.5 Å². The summed E-state index contributed by atoms with van der Waals surface area (Å²) in [7, 11) is 1.86. The molecule has 0 spiro atoms. The predicted octanol–water partition coefficient (Wildman–Crippen LogP) is 6.07. The summed E-state index contributed by atoms with van der Waals surface area (Å²) in [5, 5.41) is 0. The molecule has 0 aliphatic rings. The van der Waals surface area contributed by atoms with Crippen molar-refractivity contribution in [2.75, 3.05) is 25.1 Å². The molecule has 0 heterocycles. The van der Waals surface area contributed by atoms with Crippen LogP contribution in [0.5, 0.6) is 5.75 Å². The van der Waals surface area contributed by atoms with Crippen LogP contribution in [0, 0.1) is 0 Å². The molecule has 0 saturated heterocycles. The zero-order valence-corrected chi connectivity index (χ0v) is 18.7. The van der Waals surface area contributed by atoms with Gasteiger partial charge in [0.25, 0.3) is 0 Å². The molecule has 0 N–H and O–H groups in total. The van der Waals surface area contributed by atoms with Crippen LogP contribution in [-0.2, 0) is 0 Å². The molecule has 0 saturated carbocycles. The van der Waals surface area contributed by atoms with Crippen LogP contribution in [0.1, 0.15) is 58.9 Å². The molecule has 0 unspecified atom stereocenters. The van der Waals surface area contributed by atoms with Crippen molar-refractivity contribution in [2.45, 2.75) is 32.6 Å². The number of carbonyl (C=O) groups is 2. The quantitative estimate of drug-likeness (QED) is 0.168. The van der Waals surface area contributed by atoms with Crippen molar-refractivity contribution in [3.63, 3.8) is 0 Å². The smallest absolute Gasteiger partial charge is 0.197 e. The zero-order valence-electron chi connectivity index (χ0n) is 17.1. The number of ether oxygens (including phenoxy) is 1. The minimum atomic E-state index is -0.225. The number of nitrogens with zero attached hydrogens (tertiary/aromatic N) is 1. The van der Waals surface area contributed by atoms with E-state index >= 15 is 0 Å². The monoisotopic (exact) mass is 457 g/mol. The molecule has 2 aromatic rings. The van der Waals surface area contributed by atoms with Crippen LogP contribution in [-0.4, -0.2) is 32.3 Å². The topological polar surface area (TPSA) is 46.6 Å². The van der Waals surface area contributed by atoms with Gasteiger partial charge in [-0.15, -0.1) is 6.58 Å². The van der Waals surface area contributed by atoms with Gasteiger partial charge in [-0.25, -0.2) is 0 Å². The predicted molar refractivity (Wildman–Crippen MR) is 123 cm³/mol. The van der Waals surface area contributed by atoms with Gasteiger partial charge in [0.15, 0.2) is 12.1 Å². The first-order valence-corrected chi connectivity index (χ1v) is 10.7. The van der Waals surface area contributed by atoms with Crippen molar-refractivity contribution in [3.05, 3.63) is 70.2 Å². The Balaban J connectivity index is 2.46. The molecule has 0 aliphatic carbocycles. The molecular formula is C24H28BrNO3. The van der Waals surface area contributed by atoms with E-state index in [1.54, 1.807) is 24.3 Å². The van der Waals surface area contributed by atoms with Gasteiger partial charge >= 0.3 is 0 Å². The maximum Gasteiger partial charge on any atom is 0.197 e. The molecular weight excluding hydrogens is 430 g/mol. The third-order valence-electron chi connectivity index (χ3n) is 4.71. The van der Waals surface area contributed by atoms with Crippen LogP contribution < -0.4 is 9.64 Å². The summed E-state index contributed by atoms with van der Waals surface area (Å²) in [5.41, 5.74) is 1.84. The van der Waals surface area contributed by atoms with Crippen LogP contribution in [0.25, 0.3) is 0 Å². The summed E-state index contributed by atoms with van der Waals surface area (Å²) >= 11 is 3.39. The number of halogens is 1. The maximum absolute atomic E-state index is 13.3. The van der Waals surface area contributed by atoms with Crippen molar-refractivity contribution in [3.8, 4) is 5.75 Å². The van der Waals surface area contributed by atoms with Crippen molar-refractivity contribution in [2.24, 2.45) is 0 Å². The first-order chi connectivity index (χ1) is 14.0. The molecule has 4 nitrogen and oxygen atoms in total. The number of carbonyl (C=O) groups excluding carboxylic acids is 2. The van der Waals surface area contributed by atoms with Gasteiger partial charge in [-0.05, 0) is 42.8 Å². The lowest BCUT2D eigenvalue weighted by Crippen LogP contribution is -2.20. The van der Waals surface area contributed by atoms with Crippen molar-refractivity contribution in [1.29, 1.82) is 0 Å². The average Bonchev–Trinajstić information content (AvgIpc) is 2.73. The largest absolute Gasteiger partial charge is 0.493 e. The SMILES string of the molecule is C=CCN(C)c1ccc(OCCCCCC)c(C(=O)c2ccc(Br)cc2)c1C=O. The number of ketones is 1. The third-order valence-corrected chi connectivity index (χ3v) is 5.23. The van der Waals surface area contributed by atoms with Gasteiger partial charge < -0.3 is 9.64 Å². The number of anilines is 1. The van der Waals surface area contributed by atoms with E-state index < -0.39 is 0 Å². The Bertz CT molecular complexity index is 846. The molecule has 0 bridgehead atoms. The molecule has 0 atom stereocenters. The molecule has 5 heteroatoms. The number of rotatable bonds is 12. The van der Waals surface area contributed by atoms with Gasteiger partial charge in [-0.2, -0.15) is 0 Å². The molecule has 0 aliphatic heterocycles. The second kappa shape index (κ2) is 11.6. The van der Waals surface area contributed by atoms with E-state index in [-0.39, 0.29) is 5.78 Å². The minimum absolute atomic E-state index is 0.225. The Morgan fingerprint density at radius 2 is 1.86 bits per heavy atom. The molecule has 0 radical (unpaired) electrons. The fourth-order valence-corrected chi connectivity index (χ4v) is 3.41. The van der Waals surface area contributed by atoms with E-state index in [9.17, 15) is 9.59 Å². The summed E-state index contributed by atoms with van der Waals surface area (Å²) in [6.07, 6.45) is 6.78. The zero-order chi connectivity index (χ0) is 21.2. The number of unbranched alkanes of at least 4 members (excludes halogenated alkanes) is 3. The van der Waals surface area contributed by atoms with E-state index in [1.165, 1.54) is 0 Å². The van der Waals surface area contributed by atoms with Gasteiger partial charge in [0.2, 0.25) is 0 Å². The highest BCUT2D eigenvalue weighted by atomic mass is 79.9. The van der Waals surface area contributed by atoms with Crippen LogP contribution in [0.2, 0.25) is 0 Å². The number of hydrogen-bond donors (Lipinski definition) is 0. The lowest BCUT2D eigenvalue weighted by atomic mass is 9.96. The average molecular weight is 458 g/mol. The van der Waals surface area contributed by atoms with Crippen molar-refractivity contribution in [1.82, 2.24) is 0 Å². The fourth-order valence-electron chi connectivity index (χ4n) is 3.14. The molecule has 0 fully saturated rings. The number of benzene rings is 2. The third kappa shape index (κ3) is 6.04. The first kappa shape index (κ1) is 22.9. The number of aldehydes is 1. The molecule has 2 rings (SSSR count). The summed E-state index contributed by atoms with van der Waals surface area (Å²) in [6.45, 7) is 6.98. The Kier molecular flexibility index (Phi) is 9.13. The molecule has 154 valence electrons. The van der Waals surface area contributed by atoms with Crippen LogP contribution in [0.3, 0.4) is 0 Å². The maximum atomic E-state index is 13.3. The van der Waals surface area contributed by atoms with E-state index in [4.69, 9.17) is 4.74 Å². The van der Waals surface area contributed by atoms with E-state index in [0.717, 1.165) is 36.4 Å². The highest BCUT2D eigenvalue weighted by Crippen LogP contribution is 2.32. The highest BCUT2D eigenvalue weighted by molar-refractivity contribution is 9.10. The standard InChI is InChI=1S/C24H28BrNO3/c1-4-6-7-8-16-29-22-14-13-21(26(3)15-5-2)20(17-27)23(22)24(28)18-9-11-19(25)12-10-18/h5,9-14,17H,2,4,6-8,15-16H2,1,3H3. The lowest BCUT2D eigenvalue weighted by Gasteiger charge is -2.22. The summed E-state index contributed by atoms with van der Waals surface area (Å²) in [4.78, 5) is 27.3. The van der Waals surface area contributed by atoms with Gasteiger partial charge in [0.05, 0.1) is 17.7 Å². The fraction of sp³-hybridized carbons (Fsp3) is 0.333. The van der Waals surface area contributed by atoms with Crippen LogP contribution in [0.4, 0.5) is 5.69 Å². The number of hydrogen-bond acceptors (Lipinski definition) is 4. The van der Waals surface area contributed by atoms with Crippen LogP contribution >= 0.6 is 15.9 Å². The Morgan fingerprint density at radius 1 is 1.14 bits per heavy atom. The van der Waals surface area contributed by atoms with E-state index in [1.807, 2.05) is 30.1 Å². The second-order valence-corrected chi connectivity index (χ2v) is 7.82.